The lowest BCUT2D eigenvalue weighted by Crippen LogP contribution is -2.64. The van der Waals surface area contributed by atoms with E-state index in [0.717, 1.165) is 36.8 Å². The molecule has 1 saturated carbocycles. The van der Waals surface area contributed by atoms with Crippen LogP contribution in [0.25, 0.3) is 0 Å². The van der Waals surface area contributed by atoms with Gasteiger partial charge in [0.05, 0.1) is 0 Å². The van der Waals surface area contributed by atoms with Crippen molar-refractivity contribution in [1.82, 2.24) is 19.8 Å². The Labute approximate surface area is 139 Å². The number of aromatic nitrogens is 2. The molecule has 0 spiro atoms. The Hall–Kier alpha value is -1.20. The summed E-state index contributed by atoms with van der Waals surface area (Å²) in [6, 6.07) is 3.64. The maximum Gasteiger partial charge on any atom is 0.132 e. The minimum atomic E-state index is 0.721. The van der Waals surface area contributed by atoms with Crippen molar-refractivity contribution < 1.29 is 0 Å². The van der Waals surface area contributed by atoms with Gasteiger partial charge >= 0.3 is 0 Å². The van der Waals surface area contributed by atoms with Gasteiger partial charge in [-0.1, -0.05) is 19.3 Å². The summed E-state index contributed by atoms with van der Waals surface area (Å²) < 4.78 is 0. The van der Waals surface area contributed by atoms with Crippen LogP contribution in [0.2, 0.25) is 0 Å². The number of hydrogen-bond acceptors (Lipinski definition) is 5. The normalized spacial score (nSPS) is 25.5. The molecule has 1 aromatic heterocycles. The molecule has 3 aliphatic rings. The van der Waals surface area contributed by atoms with E-state index in [1.807, 2.05) is 19.2 Å². The third-order valence-electron chi connectivity index (χ3n) is 5.90. The van der Waals surface area contributed by atoms with E-state index in [1.54, 1.807) is 0 Å². The average molecular weight is 315 g/mol. The second-order valence-corrected chi connectivity index (χ2v) is 7.38. The summed E-state index contributed by atoms with van der Waals surface area (Å²) >= 11 is 0. The van der Waals surface area contributed by atoms with Crippen molar-refractivity contribution in [1.29, 1.82) is 0 Å². The fraction of sp³-hybridized carbons (Fsp3) is 0.778. The molecule has 5 nitrogen and oxygen atoms in total. The van der Waals surface area contributed by atoms with Crippen molar-refractivity contribution in [2.45, 2.75) is 51.1 Å². The van der Waals surface area contributed by atoms with Crippen LogP contribution in [-0.4, -0.2) is 71.1 Å². The summed E-state index contributed by atoms with van der Waals surface area (Å²) in [4.78, 5) is 16.6. The zero-order valence-electron chi connectivity index (χ0n) is 14.3. The molecule has 126 valence electrons. The lowest BCUT2D eigenvalue weighted by Gasteiger charge is -2.49. The average Bonchev–Trinajstić information content (AvgIpc) is 2.55. The Morgan fingerprint density at radius 1 is 0.913 bits per heavy atom. The van der Waals surface area contributed by atoms with Crippen LogP contribution in [0.4, 0.5) is 5.82 Å². The van der Waals surface area contributed by atoms with E-state index < -0.39 is 0 Å². The van der Waals surface area contributed by atoms with Crippen molar-refractivity contribution in [3.8, 4) is 0 Å². The molecular formula is C18H29N5. The lowest BCUT2D eigenvalue weighted by molar-refractivity contribution is 0.0487. The van der Waals surface area contributed by atoms with Gasteiger partial charge in [-0.3, -0.25) is 9.80 Å². The van der Waals surface area contributed by atoms with Gasteiger partial charge in [0.15, 0.2) is 0 Å². The molecule has 23 heavy (non-hydrogen) atoms. The first-order chi connectivity index (χ1) is 11.3. The molecule has 1 aliphatic carbocycles. The van der Waals surface area contributed by atoms with Crippen molar-refractivity contribution in [2.75, 3.05) is 44.2 Å². The fourth-order valence-electron chi connectivity index (χ4n) is 4.41. The molecule has 5 heteroatoms. The van der Waals surface area contributed by atoms with Gasteiger partial charge in [0, 0.05) is 57.5 Å². The first kappa shape index (κ1) is 15.3. The van der Waals surface area contributed by atoms with E-state index in [2.05, 4.69) is 24.7 Å². The van der Waals surface area contributed by atoms with Gasteiger partial charge in [0.2, 0.25) is 0 Å². The molecule has 0 aromatic carbocycles. The van der Waals surface area contributed by atoms with Gasteiger partial charge in [-0.2, -0.15) is 0 Å². The molecule has 1 aromatic rings. The zero-order chi connectivity index (χ0) is 15.6. The van der Waals surface area contributed by atoms with Gasteiger partial charge in [-0.25, -0.2) is 9.97 Å². The van der Waals surface area contributed by atoms with Crippen LogP contribution in [0.5, 0.6) is 0 Å². The molecule has 0 bridgehead atoms. The van der Waals surface area contributed by atoms with Crippen molar-refractivity contribution in [3.05, 3.63) is 18.1 Å². The second-order valence-electron chi connectivity index (χ2n) is 7.38. The summed E-state index contributed by atoms with van der Waals surface area (Å²) in [5.41, 5.74) is 0. The Morgan fingerprint density at radius 3 is 2.22 bits per heavy atom. The molecule has 3 heterocycles. The van der Waals surface area contributed by atoms with E-state index in [-0.39, 0.29) is 0 Å². The van der Waals surface area contributed by atoms with Crippen molar-refractivity contribution in [3.63, 3.8) is 0 Å². The maximum absolute atomic E-state index is 4.54. The third-order valence-corrected chi connectivity index (χ3v) is 5.90. The van der Waals surface area contributed by atoms with Gasteiger partial charge in [-0.05, 0) is 25.8 Å². The van der Waals surface area contributed by atoms with Crippen LogP contribution in [0.3, 0.4) is 0 Å². The molecule has 0 N–H and O–H groups in total. The number of anilines is 1. The first-order valence-corrected chi connectivity index (χ1v) is 9.32. The molecular weight excluding hydrogens is 286 g/mol. The molecule has 2 aliphatic heterocycles. The standard InChI is InChI=1S/C18H29N5/c1-15-19-8-7-18(20-15)23-13-17(14-23)22-11-9-21(10-12-22)16-5-3-2-4-6-16/h7-8,16-17H,2-6,9-14H2,1H3. The Bertz CT molecular complexity index is 514. The van der Waals surface area contributed by atoms with Crippen molar-refractivity contribution >= 4 is 5.82 Å². The monoisotopic (exact) mass is 315 g/mol. The third kappa shape index (κ3) is 3.36. The molecule has 0 amide bonds. The second kappa shape index (κ2) is 6.73. The number of hydrogen-bond donors (Lipinski definition) is 0. The quantitative estimate of drug-likeness (QED) is 0.851. The Balaban J connectivity index is 1.24. The fourth-order valence-corrected chi connectivity index (χ4v) is 4.41. The van der Waals surface area contributed by atoms with E-state index in [0.29, 0.717) is 0 Å². The number of nitrogens with zero attached hydrogens (tertiary/aromatic N) is 5. The predicted molar refractivity (Wildman–Crippen MR) is 92.8 cm³/mol. The highest BCUT2D eigenvalue weighted by Crippen LogP contribution is 2.26. The topological polar surface area (TPSA) is 35.5 Å². The molecule has 0 unspecified atom stereocenters. The number of rotatable bonds is 3. The van der Waals surface area contributed by atoms with Crippen LogP contribution in [-0.2, 0) is 0 Å². The van der Waals surface area contributed by atoms with Crippen molar-refractivity contribution in [2.24, 2.45) is 0 Å². The largest absolute Gasteiger partial charge is 0.353 e. The summed E-state index contributed by atoms with van der Waals surface area (Å²) in [6.45, 7) is 9.25. The number of piperazine rings is 1. The summed E-state index contributed by atoms with van der Waals surface area (Å²) in [5.74, 6) is 1.96. The zero-order valence-corrected chi connectivity index (χ0v) is 14.3. The Morgan fingerprint density at radius 2 is 1.57 bits per heavy atom. The van der Waals surface area contributed by atoms with Crippen LogP contribution < -0.4 is 4.90 Å². The van der Waals surface area contributed by atoms with E-state index in [9.17, 15) is 0 Å². The van der Waals surface area contributed by atoms with E-state index >= 15 is 0 Å². The predicted octanol–water partition coefficient (Wildman–Crippen LogP) is 1.92. The van der Waals surface area contributed by atoms with E-state index in [4.69, 9.17) is 0 Å². The summed E-state index contributed by atoms with van der Waals surface area (Å²) in [6.07, 6.45) is 9.08. The smallest absolute Gasteiger partial charge is 0.132 e. The lowest BCUT2D eigenvalue weighted by atomic mass is 9.93. The highest BCUT2D eigenvalue weighted by Gasteiger charge is 2.35. The molecule has 2 saturated heterocycles. The Kier molecular flexibility index (Phi) is 4.49. The highest BCUT2D eigenvalue weighted by atomic mass is 15.4. The minimum Gasteiger partial charge on any atom is -0.353 e. The highest BCUT2D eigenvalue weighted by molar-refractivity contribution is 5.41. The number of aryl methyl sites for hydroxylation is 1. The SMILES string of the molecule is Cc1nccc(N2CC(N3CCN(C4CCCCC4)CC3)C2)n1. The van der Waals surface area contributed by atoms with Gasteiger partial charge in [0.1, 0.15) is 11.6 Å². The molecule has 0 atom stereocenters. The van der Waals surface area contributed by atoms with Crippen LogP contribution in [0, 0.1) is 6.92 Å². The first-order valence-electron chi connectivity index (χ1n) is 9.32. The van der Waals surface area contributed by atoms with Crippen LogP contribution >= 0.6 is 0 Å². The summed E-state index contributed by atoms with van der Waals surface area (Å²) in [5, 5.41) is 0. The minimum absolute atomic E-state index is 0.721. The maximum atomic E-state index is 4.54. The van der Waals surface area contributed by atoms with Crippen LogP contribution in [0.15, 0.2) is 12.3 Å². The molecule has 3 fully saturated rings. The van der Waals surface area contributed by atoms with Gasteiger partial charge in [0.25, 0.3) is 0 Å². The van der Waals surface area contributed by atoms with E-state index in [1.165, 1.54) is 58.3 Å². The summed E-state index contributed by atoms with van der Waals surface area (Å²) in [7, 11) is 0. The van der Waals surface area contributed by atoms with Gasteiger partial charge in [-0.15, -0.1) is 0 Å². The van der Waals surface area contributed by atoms with Gasteiger partial charge < -0.3 is 4.90 Å². The van der Waals surface area contributed by atoms with Crippen LogP contribution in [0.1, 0.15) is 37.9 Å². The molecule has 4 rings (SSSR count). The molecule has 0 radical (unpaired) electrons.